The Bertz CT molecular complexity index is 1270. The van der Waals surface area contributed by atoms with E-state index in [-0.39, 0.29) is 38.8 Å². The van der Waals surface area contributed by atoms with Crippen molar-refractivity contribution in [2.24, 2.45) is 0 Å². The van der Waals surface area contributed by atoms with E-state index in [1.807, 2.05) is 0 Å². The van der Waals surface area contributed by atoms with Gasteiger partial charge in [0.05, 0.1) is 30.0 Å². The Balaban J connectivity index is 1.89. The zero-order valence-corrected chi connectivity index (χ0v) is 19.3. The van der Waals surface area contributed by atoms with Crippen molar-refractivity contribution in [1.82, 2.24) is 4.90 Å². The predicted octanol–water partition coefficient (Wildman–Crippen LogP) is 1.96. The summed E-state index contributed by atoms with van der Waals surface area (Å²) in [6.45, 7) is 2.10. The highest BCUT2D eigenvalue weighted by Crippen LogP contribution is 2.35. The maximum absolute atomic E-state index is 12.7. The number of nitro groups is 1. The number of quaternary nitrogens is 1. The number of rotatable bonds is 8. The molecule has 0 aromatic heterocycles. The average molecular weight is 495 g/mol. The predicted molar refractivity (Wildman–Crippen MR) is 119 cm³/mol. The van der Waals surface area contributed by atoms with Gasteiger partial charge in [-0.3, -0.25) is 24.6 Å². The molecule has 3 rings (SSSR count). The fraction of sp³-hybridized carbons (Fsp3) is 0.200. The molecule has 0 unspecified atom stereocenters. The van der Waals surface area contributed by atoms with Gasteiger partial charge in [-0.15, -0.1) is 0 Å². The number of thioether (sulfide) groups is 1. The summed E-state index contributed by atoms with van der Waals surface area (Å²) >= 11 is 0.794. The van der Waals surface area contributed by atoms with E-state index in [1.165, 1.54) is 50.4 Å². The lowest BCUT2D eigenvalue weighted by Crippen LogP contribution is -2.55. The van der Waals surface area contributed by atoms with Crippen molar-refractivity contribution < 1.29 is 37.6 Å². The SMILES string of the molecule is COc1cc(/C=C2/SC(=O)N(CC[NH3+])C2=O)ccc1OS(=O)(=O)c1ccc(C)c([N+](=O)[O-])c1. The van der Waals surface area contributed by atoms with Crippen LogP contribution in [0.2, 0.25) is 0 Å². The van der Waals surface area contributed by atoms with Crippen LogP contribution in [-0.2, 0) is 14.9 Å². The van der Waals surface area contributed by atoms with Crippen molar-refractivity contribution in [3.63, 3.8) is 0 Å². The number of imide groups is 1. The lowest BCUT2D eigenvalue weighted by molar-refractivity contribution is -0.385. The molecule has 0 aliphatic carbocycles. The molecule has 3 N–H and O–H groups in total. The third-order valence-electron chi connectivity index (χ3n) is 4.61. The van der Waals surface area contributed by atoms with Crippen molar-refractivity contribution >= 4 is 44.8 Å². The second-order valence-corrected chi connectivity index (χ2v) is 9.38. The van der Waals surface area contributed by atoms with Crippen LogP contribution < -0.4 is 14.7 Å². The molecule has 174 valence electrons. The number of carbonyl (C=O) groups excluding carboxylic acids is 2. The number of hydrogen-bond acceptors (Lipinski definition) is 9. The number of aryl methyl sites for hydroxylation is 1. The first-order chi connectivity index (χ1) is 15.6. The molecule has 2 aromatic carbocycles. The summed E-state index contributed by atoms with van der Waals surface area (Å²) in [5, 5.41) is 10.7. The van der Waals surface area contributed by atoms with Gasteiger partial charge in [-0.25, -0.2) is 0 Å². The van der Waals surface area contributed by atoms with Crippen LogP contribution in [-0.4, -0.2) is 49.6 Å². The highest BCUT2D eigenvalue weighted by Gasteiger charge is 2.34. The molecule has 1 saturated heterocycles. The van der Waals surface area contributed by atoms with Gasteiger partial charge in [0.25, 0.3) is 16.8 Å². The van der Waals surface area contributed by atoms with Crippen LogP contribution in [0.25, 0.3) is 6.08 Å². The highest BCUT2D eigenvalue weighted by molar-refractivity contribution is 8.18. The summed E-state index contributed by atoms with van der Waals surface area (Å²) in [5.41, 5.74) is 4.07. The van der Waals surface area contributed by atoms with Crippen LogP contribution in [0.5, 0.6) is 11.5 Å². The van der Waals surface area contributed by atoms with E-state index >= 15 is 0 Å². The first-order valence-electron chi connectivity index (χ1n) is 9.49. The van der Waals surface area contributed by atoms with Crippen molar-refractivity contribution in [1.29, 1.82) is 0 Å². The van der Waals surface area contributed by atoms with Gasteiger partial charge in [-0.05, 0) is 48.5 Å². The molecule has 2 amide bonds. The maximum Gasteiger partial charge on any atom is 0.339 e. The van der Waals surface area contributed by atoms with Gasteiger partial charge in [0, 0.05) is 11.6 Å². The van der Waals surface area contributed by atoms with Gasteiger partial charge in [0.1, 0.15) is 4.90 Å². The second-order valence-electron chi connectivity index (χ2n) is 6.84. The zero-order chi connectivity index (χ0) is 24.3. The van der Waals surface area contributed by atoms with Crippen molar-refractivity contribution in [2.45, 2.75) is 11.8 Å². The monoisotopic (exact) mass is 494 g/mol. The largest absolute Gasteiger partial charge is 0.493 e. The van der Waals surface area contributed by atoms with Crippen LogP contribution in [0.4, 0.5) is 10.5 Å². The molecule has 0 atom stereocenters. The first kappa shape index (κ1) is 24.2. The third-order valence-corrected chi connectivity index (χ3v) is 6.74. The van der Waals surface area contributed by atoms with E-state index < -0.39 is 20.9 Å². The number of ether oxygens (including phenoxy) is 1. The van der Waals surface area contributed by atoms with E-state index in [4.69, 9.17) is 8.92 Å². The maximum atomic E-state index is 12.7. The van der Waals surface area contributed by atoms with Crippen LogP contribution in [0.1, 0.15) is 11.1 Å². The van der Waals surface area contributed by atoms with Gasteiger partial charge >= 0.3 is 10.1 Å². The quantitative estimate of drug-likeness (QED) is 0.250. The Morgan fingerprint density at radius 3 is 2.55 bits per heavy atom. The minimum Gasteiger partial charge on any atom is -0.493 e. The zero-order valence-electron chi connectivity index (χ0n) is 17.6. The van der Waals surface area contributed by atoms with Crippen LogP contribution >= 0.6 is 11.8 Å². The Labute approximate surface area is 193 Å². The summed E-state index contributed by atoms with van der Waals surface area (Å²) in [6, 6.07) is 7.70. The molecule has 0 bridgehead atoms. The number of benzene rings is 2. The van der Waals surface area contributed by atoms with E-state index in [2.05, 4.69) is 5.73 Å². The van der Waals surface area contributed by atoms with Gasteiger partial charge in [0.15, 0.2) is 11.5 Å². The van der Waals surface area contributed by atoms with Gasteiger partial charge < -0.3 is 14.7 Å². The second kappa shape index (κ2) is 9.60. The van der Waals surface area contributed by atoms with Crippen molar-refractivity contribution in [3.05, 3.63) is 62.5 Å². The Morgan fingerprint density at radius 2 is 1.91 bits per heavy atom. The Kier molecular flexibility index (Phi) is 7.05. The number of nitrogens with zero attached hydrogens (tertiary/aromatic N) is 2. The fourth-order valence-corrected chi connectivity index (χ4v) is 4.78. The lowest BCUT2D eigenvalue weighted by atomic mass is 10.2. The van der Waals surface area contributed by atoms with E-state index in [0.29, 0.717) is 17.7 Å². The minimum atomic E-state index is -4.40. The van der Waals surface area contributed by atoms with Crippen LogP contribution in [0.3, 0.4) is 0 Å². The summed E-state index contributed by atoms with van der Waals surface area (Å²) < 4.78 is 35.8. The summed E-state index contributed by atoms with van der Waals surface area (Å²) in [6.07, 6.45) is 1.48. The highest BCUT2D eigenvalue weighted by atomic mass is 32.2. The molecule has 0 radical (unpaired) electrons. The van der Waals surface area contributed by atoms with Gasteiger partial charge in [0.2, 0.25) is 0 Å². The fourth-order valence-electron chi connectivity index (χ4n) is 2.95. The molecule has 11 nitrogen and oxygen atoms in total. The summed E-state index contributed by atoms with van der Waals surface area (Å²) in [7, 11) is -3.10. The number of nitro benzene ring substituents is 1. The van der Waals surface area contributed by atoms with Crippen LogP contribution in [0.15, 0.2) is 46.2 Å². The molecule has 0 spiro atoms. The molecular weight excluding hydrogens is 474 g/mol. The van der Waals surface area contributed by atoms with Gasteiger partial charge in [-0.2, -0.15) is 8.42 Å². The van der Waals surface area contributed by atoms with Crippen molar-refractivity contribution in [3.8, 4) is 11.5 Å². The van der Waals surface area contributed by atoms with E-state index in [9.17, 15) is 28.1 Å². The molecular formula is C20H20N3O8S2+. The molecule has 13 heteroatoms. The van der Waals surface area contributed by atoms with E-state index in [0.717, 1.165) is 22.7 Å². The molecule has 1 aliphatic heterocycles. The van der Waals surface area contributed by atoms with E-state index in [1.54, 1.807) is 0 Å². The number of carbonyl (C=O) groups is 2. The Morgan fingerprint density at radius 1 is 1.18 bits per heavy atom. The number of amides is 2. The molecule has 1 fully saturated rings. The van der Waals surface area contributed by atoms with Crippen molar-refractivity contribution in [2.75, 3.05) is 20.2 Å². The molecule has 1 heterocycles. The standard InChI is InChI=1S/C20H19N3O8S2/c1-12-3-5-14(11-15(12)23(26)27)33(28,29)31-16-6-4-13(9-17(16)30-2)10-18-19(24)22(8-7-21)20(25)32-18/h3-6,9-11H,7-8,21H2,1-2H3/p+1/b18-10+. The van der Waals surface area contributed by atoms with Gasteiger partial charge in [-0.1, -0.05) is 12.1 Å². The smallest absolute Gasteiger partial charge is 0.339 e. The Hall–Kier alpha value is -3.42. The normalized spacial score (nSPS) is 15.2. The third kappa shape index (κ3) is 5.16. The molecule has 1 aliphatic rings. The number of hydrogen-bond donors (Lipinski definition) is 1. The topological polar surface area (TPSA) is 161 Å². The lowest BCUT2D eigenvalue weighted by Gasteiger charge is -2.12. The first-order valence-corrected chi connectivity index (χ1v) is 11.7. The molecule has 33 heavy (non-hydrogen) atoms. The molecule has 0 saturated carbocycles. The summed E-state index contributed by atoms with van der Waals surface area (Å²) in [4.78, 5) is 35.7. The summed E-state index contributed by atoms with van der Waals surface area (Å²) in [5.74, 6) is -0.537. The average Bonchev–Trinajstić information content (AvgIpc) is 3.02. The number of methoxy groups -OCH3 is 1. The molecule has 2 aromatic rings. The van der Waals surface area contributed by atoms with Crippen LogP contribution in [0, 0.1) is 17.0 Å². The minimum absolute atomic E-state index is 0.0472.